The van der Waals surface area contributed by atoms with E-state index in [2.05, 4.69) is 5.43 Å². The van der Waals surface area contributed by atoms with E-state index in [1.54, 1.807) is 13.0 Å². The number of hydrazine groups is 1. The average Bonchev–Trinajstić information content (AvgIpc) is 2.29. The lowest BCUT2D eigenvalue weighted by Crippen LogP contribution is -2.33. The second-order valence-corrected chi connectivity index (χ2v) is 3.46. The molecule has 3 N–H and O–H groups in total. The van der Waals surface area contributed by atoms with Crippen LogP contribution in [-0.2, 0) is 10.9 Å². The quantitative estimate of drug-likeness (QED) is 0.620. The number of hydrogen-bond acceptors (Lipinski definition) is 3. The Bertz CT molecular complexity index is 355. The average molecular weight is 248 g/mol. The van der Waals surface area contributed by atoms with Gasteiger partial charge in [0.2, 0.25) is 0 Å². The molecule has 1 unspecified atom stereocenters. The Morgan fingerprint density at radius 1 is 1.35 bits per heavy atom. The summed E-state index contributed by atoms with van der Waals surface area (Å²) < 4.78 is 43.4. The van der Waals surface area contributed by atoms with Crippen molar-refractivity contribution in [2.45, 2.75) is 19.1 Å². The topological polar surface area (TPSA) is 47.3 Å². The van der Waals surface area contributed by atoms with Gasteiger partial charge in [-0.2, -0.15) is 13.2 Å². The lowest BCUT2D eigenvalue weighted by molar-refractivity contribution is -0.138. The van der Waals surface area contributed by atoms with E-state index in [1.165, 1.54) is 12.1 Å². The minimum Gasteiger partial charge on any atom is -0.380 e. The maximum absolute atomic E-state index is 12.8. The van der Waals surface area contributed by atoms with Gasteiger partial charge in [-0.1, -0.05) is 18.2 Å². The van der Waals surface area contributed by atoms with Crippen LogP contribution in [0.25, 0.3) is 0 Å². The van der Waals surface area contributed by atoms with E-state index in [1.807, 2.05) is 0 Å². The third-order valence-corrected chi connectivity index (χ3v) is 2.33. The number of ether oxygens (including phenoxy) is 1. The van der Waals surface area contributed by atoms with Crippen molar-refractivity contribution in [1.82, 2.24) is 5.43 Å². The predicted molar refractivity (Wildman–Crippen MR) is 58.0 cm³/mol. The molecule has 0 aliphatic carbocycles. The summed E-state index contributed by atoms with van der Waals surface area (Å²) >= 11 is 0. The van der Waals surface area contributed by atoms with Crippen molar-refractivity contribution < 1.29 is 17.9 Å². The fraction of sp³-hybridized carbons (Fsp3) is 0.455. The number of nitrogens with two attached hydrogens (primary N) is 1. The first kappa shape index (κ1) is 14.0. The summed E-state index contributed by atoms with van der Waals surface area (Å²) in [5.74, 6) is 5.26. The van der Waals surface area contributed by atoms with E-state index >= 15 is 0 Å². The second kappa shape index (κ2) is 6.00. The molecule has 1 atom stereocenters. The zero-order chi connectivity index (χ0) is 12.9. The van der Waals surface area contributed by atoms with Crippen molar-refractivity contribution in [3.05, 3.63) is 35.4 Å². The van der Waals surface area contributed by atoms with E-state index in [9.17, 15) is 13.2 Å². The monoisotopic (exact) mass is 248 g/mol. The zero-order valence-corrected chi connectivity index (χ0v) is 9.42. The van der Waals surface area contributed by atoms with Crippen LogP contribution >= 0.6 is 0 Å². The van der Waals surface area contributed by atoms with Crippen LogP contribution in [0.2, 0.25) is 0 Å². The standard InChI is InChI=1S/C11H15F3N2O/c1-2-17-7-10(16-15)8-5-3-4-6-9(8)11(12,13)14/h3-6,10,16H,2,7,15H2,1H3. The Labute approximate surface area is 97.7 Å². The molecule has 6 heteroatoms. The number of halogens is 3. The Kier molecular flexibility index (Phi) is 4.92. The van der Waals surface area contributed by atoms with Crippen molar-refractivity contribution in [3.8, 4) is 0 Å². The van der Waals surface area contributed by atoms with Crippen molar-refractivity contribution >= 4 is 0 Å². The highest BCUT2D eigenvalue weighted by Crippen LogP contribution is 2.34. The molecule has 0 radical (unpaired) electrons. The molecule has 3 nitrogen and oxygen atoms in total. The lowest BCUT2D eigenvalue weighted by Gasteiger charge is -2.20. The van der Waals surface area contributed by atoms with Crippen LogP contribution in [0.15, 0.2) is 24.3 Å². The van der Waals surface area contributed by atoms with Crippen LogP contribution in [0.4, 0.5) is 13.2 Å². The molecule has 17 heavy (non-hydrogen) atoms. The number of rotatable bonds is 5. The molecule has 0 spiro atoms. The summed E-state index contributed by atoms with van der Waals surface area (Å²) in [6.45, 7) is 2.29. The van der Waals surface area contributed by atoms with Crippen molar-refractivity contribution in [1.29, 1.82) is 0 Å². The van der Waals surface area contributed by atoms with Gasteiger partial charge in [-0.05, 0) is 18.6 Å². The van der Waals surface area contributed by atoms with Crippen LogP contribution in [0, 0.1) is 0 Å². The van der Waals surface area contributed by atoms with E-state index < -0.39 is 17.8 Å². The van der Waals surface area contributed by atoms with Gasteiger partial charge in [0.15, 0.2) is 0 Å². The van der Waals surface area contributed by atoms with Gasteiger partial charge in [-0.3, -0.25) is 11.3 Å². The molecular formula is C11H15F3N2O. The van der Waals surface area contributed by atoms with Crippen molar-refractivity contribution in [2.75, 3.05) is 13.2 Å². The van der Waals surface area contributed by atoms with Crippen molar-refractivity contribution in [2.24, 2.45) is 5.84 Å². The summed E-state index contributed by atoms with van der Waals surface area (Å²) in [6, 6.07) is 4.65. The van der Waals surface area contributed by atoms with Crippen LogP contribution in [-0.4, -0.2) is 13.2 Å². The molecule has 0 heterocycles. The maximum Gasteiger partial charge on any atom is 0.416 e. The van der Waals surface area contributed by atoms with Crippen LogP contribution in [0.3, 0.4) is 0 Å². The normalized spacial score (nSPS) is 13.7. The summed E-state index contributed by atoms with van der Waals surface area (Å²) in [5, 5.41) is 0. The van der Waals surface area contributed by atoms with Crippen LogP contribution < -0.4 is 11.3 Å². The van der Waals surface area contributed by atoms with Gasteiger partial charge in [-0.15, -0.1) is 0 Å². The molecule has 0 aliphatic rings. The third kappa shape index (κ3) is 3.69. The van der Waals surface area contributed by atoms with Gasteiger partial charge in [-0.25, -0.2) is 0 Å². The highest BCUT2D eigenvalue weighted by molar-refractivity contribution is 5.32. The summed E-state index contributed by atoms with van der Waals surface area (Å²) in [4.78, 5) is 0. The first-order valence-electron chi connectivity index (χ1n) is 5.20. The SMILES string of the molecule is CCOCC(NN)c1ccccc1C(F)(F)F. The summed E-state index contributed by atoms with van der Waals surface area (Å²) in [5.41, 5.74) is 1.74. The van der Waals surface area contributed by atoms with E-state index in [0.717, 1.165) is 6.07 Å². The Balaban J connectivity index is 3.02. The van der Waals surface area contributed by atoms with Crippen molar-refractivity contribution in [3.63, 3.8) is 0 Å². The summed E-state index contributed by atoms with van der Waals surface area (Å²) in [6.07, 6.45) is -4.39. The Hall–Kier alpha value is -1.11. The van der Waals surface area contributed by atoms with Gasteiger partial charge in [0.1, 0.15) is 0 Å². The largest absolute Gasteiger partial charge is 0.416 e. The highest BCUT2D eigenvalue weighted by Gasteiger charge is 2.34. The van der Waals surface area contributed by atoms with Gasteiger partial charge >= 0.3 is 6.18 Å². The fourth-order valence-electron chi connectivity index (χ4n) is 1.52. The molecule has 0 aliphatic heterocycles. The molecule has 0 fully saturated rings. The van der Waals surface area contributed by atoms with Gasteiger partial charge < -0.3 is 4.74 Å². The van der Waals surface area contributed by atoms with Gasteiger partial charge in [0, 0.05) is 6.61 Å². The van der Waals surface area contributed by atoms with E-state index in [0.29, 0.717) is 6.61 Å². The Morgan fingerprint density at radius 2 is 2.00 bits per heavy atom. The maximum atomic E-state index is 12.8. The molecule has 0 amide bonds. The molecular weight excluding hydrogens is 233 g/mol. The number of alkyl halides is 3. The number of benzene rings is 1. The zero-order valence-electron chi connectivity index (χ0n) is 9.42. The fourth-order valence-corrected chi connectivity index (χ4v) is 1.52. The molecule has 1 aromatic carbocycles. The molecule has 1 aromatic rings. The minimum atomic E-state index is -4.39. The lowest BCUT2D eigenvalue weighted by atomic mass is 10.0. The third-order valence-electron chi connectivity index (χ3n) is 2.33. The second-order valence-electron chi connectivity index (χ2n) is 3.46. The van der Waals surface area contributed by atoms with Gasteiger partial charge in [0.05, 0.1) is 18.2 Å². The Morgan fingerprint density at radius 3 is 2.53 bits per heavy atom. The number of hydrogen-bond donors (Lipinski definition) is 2. The molecule has 0 bridgehead atoms. The van der Waals surface area contributed by atoms with E-state index in [4.69, 9.17) is 10.6 Å². The molecule has 96 valence electrons. The highest BCUT2D eigenvalue weighted by atomic mass is 19.4. The van der Waals surface area contributed by atoms with Crippen LogP contribution in [0.5, 0.6) is 0 Å². The van der Waals surface area contributed by atoms with Crippen LogP contribution in [0.1, 0.15) is 24.1 Å². The first-order valence-corrected chi connectivity index (χ1v) is 5.20. The van der Waals surface area contributed by atoms with Gasteiger partial charge in [0.25, 0.3) is 0 Å². The first-order chi connectivity index (χ1) is 8.00. The number of nitrogens with one attached hydrogen (secondary N) is 1. The summed E-state index contributed by atoms with van der Waals surface area (Å²) in [7, 11) is 0. The molecule has 0 saturated carbocycles. The molecule has 1 rings (SSSR count). The smallest absolute Gasteiger partial charge is 0.380 e. The minimum absolute atomic E-state index is 0.0935. The molecule has 0 aromatic heterocycles. The molecule has 0 saturated heterocycles. The van der Waals surface area contributed by atoms with E-state index in [-0.39, 0.29) is 12.2 Å². The predicted octanol–water partition coefficient (Wildman–Crippen LogP) is 2.25.